The maximum absolute atomic E-state index is 5.32. The third kappa shape index (κ3) is 1.51. The van der Waals surface area contributed by atoms with Crippen LogP contribution in [0.25, 0.3) is 22.0 Å². The Balaban J connectivity index is 2.02. The Hall–Kier alpha value is -1.74. The molecule has 0 fully saturated rings. The Morgan fingerprint density at radius 2 is 1.93 bits per heavy atom. The van der Waals surface area contributed by atoms with E-state index < -0.39 is 0 Å². The number of hydrogen-bond acceptors (Lipinski definition) is 2. The quantitative estimate of drug-likeness (QED) is 0.687. The molecule has 2 nitrogen and oxygen atoms in total. The molecule has 0 aliphatic rings. The second-order valence-corrected chi connectivity index (χ2v) is 4.19. The van der Waals surface area contributed by atoms with Crippen LogP contribution in [0.2, 0.25) is 0 Å². The molecule has 0 saturated heterocycles. The summed E-state index contributed by atoms with van der Waals surface area (Å²) in [6.07, 6.45) is 1.68. The molecular weight excluding hydrogens is 206 g/mol. The van der Waals surface area contributed by atoms with Crippen molar-refractivity contribution in [1.29, 1.82) is 0 Å². The van der Waals surface area contributed by atoms with Crippen LogP contribution in [0, 0.1) is 0 Å². The lowest BCUT2D eigenvalue weighted by Gasteiger charge is -1.92. The summed E-state index contributed by atoms with van der Waals surface area (Å²) in [5, 5.41) is 2.07. The van der Waals surface area contributed by atoms with E-state index in [1.54, 1.807) is 17.6 Å². The van der Waals surface area contributed by atoms with Crippen LogP contribution in [-0.4, -0.2) is 4.98 Å². The van der Waals surface area contributed by atoms with Gasteiger partial charge in [-0.15, -0.1) is 11.3 Å². The normalized spacial score (nSPS) is 10.7. The van der Waals surface area contributed by atoms with Gasteiger partial charge in [-0.05, 0) is 35.7 Å². The average molecular weight is 215 g/mol. The molecule has 3 heterocycles. The molecule has 0 radical (unpaired) electrons. The van der Waals surface area contributed by atoms with Crippen LogP contribution in [0.1, 0.15) is 0 Å². The number of aromatic amines is 1. The summed E-state index contributed by atoms with van der Waals surface area (Å²) in [7, 11) is 0. The topological polar surface area (TPSA) is 28.9 Å². The van der Waals surface area contributed by atoms with Crippen molar-refractivity contribution in [3.05, 3.63) is 48.0 Å². The minimum atomic E-state index is 0.873. The fourth-order valence-corrected chi connectivity index (χ4v) is 2.25. The van der Waals surface area contributed by atoms with Gasteiger partial charge < -0.3 is 9.40 Å². The number of aromatic nitrogens is 1. The highest BCUT2D eigenvalue weighted by Crippen LogP contribution is 2.27. The predicted molar refractivity (Wildman–Crippen MR) is 61.8 cm³/mol. The zero-order chi connectivity index (χ0) is 10.1. The number of nitrogens with one attached hydrogen (secondary N) is 1. The Bertz CT molecular complexity index is 485. The molecule has 0 aromatic carbocycles. The second kappa shape index (κ2) is 3.44. The Morgan fingerprint density at radius 3 is 2.67 bits per heavy atom. The zero-order valence-corrected chi connectivity index (χ0v) is 8.75. The molecule has 0 atom stereocenters. The first kappa shape index (κ1) is 8.56. The Labute approximate surface area is 91.2 Å². The van der Waals surface area contributed by atoms with Crippen LogP contribution >= 0.6 is 11.3 Å². The third-order valence-corrected chi connectivity index (χ3v) is 3.16. The minimum absolute atomic E-state index is 0.873. The molecule has 0 aliphatic carbocycles. The van der Waals surface area contributed by atoms with Crippen LogP contribution in [-0.2, 0) is 0 Å². The summed E-state index contributed by atoms with van der Waals surface area (Å²) in [6.45, 7) is 0. The molecular formula is C12H9NOS. The van der Waals surface area contributed by atoms with Gasteiger partial charge in [0.1, 0.15) is 5.76 Å². The highest BCUT2D eigenvalue weighted by Gasteiger charge is 2.05. The number of furan rings is 1. The van der Waals surface area contributed by atoms with E-state index in [4.69, 9.17) is 4.42 Å². The van der Waals surface area contributed by atoms with Crippen molar-refractivity contribution in [2.75, 3.05) is 0 Å². The molecule has 1 N–H and O–H groups in total. The van der Waals surface area contributed by atoms with Gasteiger partial charge >= 0.3 is 0 Å². The van der Waals surface area contributed by atoms with Gasteiger partial charge in [-0.1, -0.05) is 6.07 Å². The molecule has 0 aliphatic heterocycles. The second-order valence-electron chi connectivity index (χ2n) is 3.24. The molecule has 3 heteroatoms. The molecule has 3 aromatic heterocycles. The smallest absolute Gasteiger partial charge is 0.150 e. The van der Waals surface area contributed by atoms with Crippen molar-refractivity contribution in [1.82, 2.24) is 4.98 Å². The van der Waals surface area contributed by atoms with Gasteiger partial charge in [0.15, 0.2) is 0 Å². The van der Waals surface area contributed by atoms with Gasteiger partial charge in [0, 0.05) is 0 Å². The molecule has 0 amide bonds. The first-order valence-electron chi connectivity index (χ1n) is 4.70. The fourth-order valence-electron chi connectivity index (χ4n) is 1.55. The van der Waals surface area contributed by atoms with E-state index in [0.717, 1.165) is 17.1 Å². The summed E-state index contributed by atoms with van der Waals surface area (Å²) >= 11 is 1.72. The summed E-state index contributed by atoms with van der Waals surface area (Å²) in [4.78, 5) is 4.58. The maximum Gasteiger partial charge on any atom is 0.150 e. The zero-order valence-electron chi connectivity index (χ0n) is 7.94. The van der Waals surface area contributed by atoms with Crippen molar-refractivity contribution in [3.8, 4) is 22.0 Å². The molecule has 15 heavy (non-hydrogen) atoms. The maximum atomic E-state index is 5.32. The van der Waals surface area contributed by atoms with Crippen molar-refractivity contribution < 1.29 is 4.42 Å². The molecule has 0 unspecified atom stereocenters. The minimum Gasteiger partial charge on any atom is -0.463 e. The van der Waals surface area contributed by atoms with Gasteiger partial charge in [0.05, 0.1) is 22.5 Å². The van der Waals surface area contributed by atoms with E-state index in [0.29, 0.717) is 0 Å². The lowest BCUT2D eigenvalue weighted by Crippen LogP contribution is -1.73. The van der Waals surface area contributed by atoms with Gasteiger partial charge in [-0.2, -0.15) is 0 Å². The first-order chi connectivity index (χ1) is 7.43. The van der Waals surface area contributed by atoms with Crippen LogP contribution < -0.4 is 0 Å². The lowest BCUT2D eigenvalue weighted by atomic mass is 10.3. The fraction of sp³-hybridized carbons (Fsp3) is 0. The number of thiophene rings is 1. The first-order valence-corrected chi connectivity index (χ1v) is 5.58. The van der Waals surface area contributed by atoms with Crippen molar-refractivity contribution in [2.24, 2.45) is 0 Å². The molecule has 0 spiro atoms. The monoisotopic (exact) mass is 215 g/mol. The van der Waals surface area contributed by atoms with Crippen LogP contribution in [0.15, 0.2) is 52.5 Å². The van der Waals surface area contributed by atoms with Crippen LogP contribution in [0.3, 0.4) is 0 Å². The van der Waals surface area contributed by atoms with E-state index in [2.05, 4.69) is 22.5 Å². The van der Waals surface area contributed by atoms with Crippen molar-refractivity contribution >= 4 is 11.3 Å². The third-order valence-electron chi connectivity index (χ3n) is 2.26. The lowest BCUT2D eigenvalue weighted by molar-refractivity contribution is 0.580. The predicted octanol–water partition coefficient (Wildman–Crippen LogP) is 4.00. The molecule has 0 saturated carbocycles. The van der Waals surface area contributed by atoms with Gasteiger partial charge in [-0.3, -0.25) is 0 Å². The molecule has 3 rings (SSSR count). The van der Waals surface area contributed by atoms with Gasteiger partial charge in [0.2, 0.25) is 0 Å². The van der Waals surface area contributed by atoms with Crippen molar-refractivity contribution in [3.63, 3.8) is 0 Å². The molecule has 0 bridgehead atoms. The van der Waals surface area contributed by atoms with E-state index in [-0.39, 0.29) is 0 Å². The number of hydrogen-bond donors (Lipinski definition) is 1. The highest BCUT2D eigenvalue weighted by molar-refractivity contribution is 7.13. The van der Waals surface area contributed by atoms with E-state index in [1.807, 2.05) is 24.3 Å². The van der Waals surface area contributed by atoms with E-state index in [9.17, 15) is 0 Å². The standard InChI is InChI=1S/C12H9NOS/c1-3-11(14-7-1)9-5-6-10(13-9)12-4-2-8-15-12/h1-8,13H. The number of rotatable bonds is 2. The largest absolute Gasteiger partial charge is 0.463 e. The Morgan fingerprint density at radius 1 is 1.00 bits per heavy atom. The van der Waals surface area contributed by atoms with Gasteiger partial charge in [-0.25, -0.2) is 0 Å². The Kier molecular flexibility index (Phi) is 1.96. The summed E-state index contributed by atoms with van der Waals surface area (Å²) < 4.78 is 5.32. The van der Waals surface area contributed by atoms with E-state index in [1.165, 1.54) is 4.88 Å². The van der Waals surface area contributed by atoms with E-state index >= 15 is 0 Å². The van der Waals surface area contributed by atoms with Crippen LogP contribution in [0.5, 0.6) is 0 Å². The molecule has 74 valence electrons. The average Bonchev–Trinajstić information content (AvgIpc) is 3.02. The summed E-state index contributed by atoms with van der Waals surface area (Å²) in [5.74, 6) is 0.873. The SMILES string of the molecule is c1coc(-c2ccc(-c3cccs3)[nH]2)c1. The highest BCUT2D eigenvalue weighted by atomic mass is 32.1. The summed E-state index contributed by atoms with van der Waals surface area (Å²) in [5.41, 5.74) is 2.15. The number of H-pyrrole nitrogens is 1. The summed E-state index contributed by atoms with van der Waals surface area (Å²) in [6, 6.07) is 12.1. The van der Waals surface area contributed by atoms with Crippen LogP contribution in [0.4, 0.5) is 0 Å². The molecule has 3 aromatic rings. The van der Waals surface area contributed by atoms with Gasteiger partial charge in [0.25, 0.3) is 0 Å². The van der Waals surface area contributed by atoms with Crippen molar-refractivity contribution in [2.45, 2.75) is 0 Å².